The molecule has 184 valence electrons. The van der Waals surface area contributed by atoms with Gasteiger partial charge in [-0.1, -0.05) is 12.1 Å². The number of nitrogens with zero attached hydrogens (tertiary/aromatic N) is 3. The summed E-state index contributed by atoms with van der Waals surface area (Å²) in [6.07, 6.45) is 1.91. The van der Waals surface area contributed by atoms with Gasteiger partial charge in [-0.3, -0.25) is 9.69 Å². The van der Waals surface area contributed by atoms with Gasteiger partial charge < -0.3 is 14.4 Å². The Kier molecular flexibility index (Phi) is 7.39. The summed E-state index contributed by atoms with van der Waals surface area (Å²) in [6, 6.07) is 10.8. The van der Waals surface area contributed by atoms with Crippen molar-refractivity contribution in [2.45, 2.75) is 23.8 Å². The average molecular weight is 492 g/mol. The molecule has 2 heterocycles. The molecule has 2 aliphatic heterocycles. The van der Waals surface area contributed by atoms with Crippen molar-refractivity contribution in [1.82, 2.24) is 14.1 Å². The Morgan fingerprint density at radius 3 is 2.47 bits per heavy atom. The Labute approximate surface area is 199 Å². The van der Waals surface area contributed by atoms with Crippen LogP contribution in [-0.4, -0.2) is 81.9 Å². The van der Waals surface area contributed by atoms with Gasteiger partial charge in [0.2, 0.25) is 15.9 Å². The lowest BCUT2D eigenvalue weighted by Gasteiger charge is -2.35. The predicted octanol–water partition coefficient (Wildman–Crippen LogP) is 2.51. The number of benzene rings is 2. The van der Waals surface area contributed by atoms with Crippen LogP contribution in [0.2, 0.25) is 0 Å². The molecule has 2 saturated heterocycles. The smallest absolute Gasteiger partial charge is 0.243 e. The van der Waals surface area contributed by atoms with Crippen LogP contribution in [0.25, 0.3) is 0 Å². The molecule has 4 rings (SSSR count). The van der Waals surface area contributed by atoms with Crippen LogP contribution >= 0.6 is 0 Å². The van der Waals surface area contributed by atoms with Crippen molar-refractivity contribution < 1.29 is 27.1 Å². The van der Waals surface area contributed by atoms with Gasteiger partial charge >= 0.3 is 0 Å². The van der Waals surface area contributed by atoms with Crippen molar-refractivity contribution in [2.24, 2.45) is 0 Å². The van der Waals surface area contributed by atoms with E-state index in [0.29, 0.717) is 18.8 Å². The van der Waals surface area contributed by atoms with Crippen LogP contribution in [0.4, 0.5) is 4.39 Å². The molecular formula is C24H30FN3O5S. The summed E-state index contributed by atoms with van der Waals surface area (Å²) in [7, 11) is -0.559. The molecule has 1 unspecified atom stereocenters. The Hall–Kier alpha value is -2.69. The maximum Gasteiger partial charge on any atom is 0.243 e. The van der Waals surface area contributed by atoms with Gasteiger partial charge in [-0.2, -0.15) is 4.31 Å². The number of carbonyl (C=O) groups excluding carboxylic acids is 1. The molecule has 2 aromatic rings. The molecule has 8 nitrogen and oxygen atoms in total. The van der Waals surface area contributed by atoms with Gasteiger partial charge in [-0.25, -0.2) is 12.8 Å². The van der Waals surface area contributed by atoms with E-state index in [1.54, 1.807) is 19.1 Å². The summed E-state index contributed by atoms with van der Waals surface area (Å²) < 4.78 is 51.3. The van der Waals surface area contributed by atoms with E-state index in [0.717, 1.165) is 36.8 Å². The second kappa shape index (κ2) is 10.3. The number of methoxy groups -OCH3 is 2. The monoisotopic (exact) mass is 491 g/mol. The first-order chi connectivity index (χ1) is 16.3. The normalized spacial score (nSPS) is 19.9. The van der Waals surface area contributed by atoms with Gasteiger partial charge in [-0.15, -0.1) is 0 Å². The SMILES string of the molecule is COc1ccc(C2CCCN2CC(=O)N2CCN(S(=O)(=O)c3cccc(F)c3)CC2)c(OC)c1. The number of rotatable bonds is 7. The van der Waals surface area contributed by atoms with Gasteiger partial charge in [0, 0.05) is 43.9 Å². The van der Waals surface area contributed by atoms with E-state index in [1.807, 2.05) is 18.2 Å². The Bertz CT molecular complexity index is 1140. The fourth-order valence-electron chi connectivity index (χ4n) is 4.69. The lowest BCUT2D eigenvalue weighted by Crippen LogP contribution is -2.52. The Morgan fingerprint density at radius 2 is 1.79 bits per heavy atom. The van der Waals surface area contributed by atoms with Crippen LogP contribution in [0.5, 0.6) is 11.5 Å². The van der Waals surface area contributed by atoms with Crippen molar-refractivity contribution in [3.63, 3.8) is 0 Å². The van der Waals surface area contributed by atoms with E-state index in [4.69, 9.17) is 9.47 Å². The Morgan fingerprint density at radius 1 is 1.03 bits per heavy atom. The van der Waals surface area contributed by atoms with E-state index >= 15 is 0 Å². The first kappa shape index (κ1) is 24.4. The molecule has 2 aromatic carbocycles. The zero-order chi connectivity index (χ0) is 24.3. The molecule has 0 saturated carbocycles. The average Bonchev–Trinajstić information content (AvgIpc) is 3.31. The van der Waals surface area contributed by atoms with Gasteiger partial charge in [0.15, 0.2) is 0 Å². The molecule has 10 heteroatoms. The summed E-state index contributed by atoms with van der Waals surface area (Å²) in [5.74, 6) is 0.831. The fourth-order valence-corrected chi connectivity index (χ4v) is 6.14. The molecule has 1 amide bonds. The minimum absolute atomic E-state index is 0.0258. The van der Waals surface area contributed by atoms with Crippen molar-refractivity contribution in [2.75, 3.05) is 53.5 Å². The van der Waals surface area contributed by atoms with Gasteiger partial charge in [0.25, 0.3) is 0 Å². The number of hydrogen-bond donors (Lipinski definition) is 0. The van der Waals surface area contributed by atoms with Gasteiger partial charge in [-0.05, 0) is 43.7 Å². The first-order valence-corrected chi connectivity index (χ1v) is 12.8. The van der Waals surface area contributed by atoms with Crippen LogP contribution in [0.3, 0.4) is 0 Å². The zero-order valence-corrected chi connectivity index (χ0v) is 20.3. The van der Waals surface area contributed by atoms with Crippen LogP contribution in [-0.2, 0) is 14.8 Å². The summed E-state index contributed by atoms with van der Waals surface area (Å²) in [4.78, 5) is 16.9. The molecule has 0 radical (unpaired) electrons. The summed E-state index contributed by atoms with van der Waals surface area (Å²) >= 11 is 0. The maximum absolute atomic E-state index is 13.5. The van der Waals surface area contributed by atoms with E-state index < -0.39 is 15.8 Å². The van der Waals surface area contributed by atoms with Crippen molar-refractivity contribution in [1.29, 1.82) is 0 Å². The van der Waals surface area contributed by atoms with Crippen LogP contribution in [0, 0.1) is 5.82 Å². The molecule has 2 fully saturated rings. The summed E-state index contributed by atoms with van der Waals surface area (Å²) in [5.41, 5.74) is 1.03. The third-order valence-corrected chi connectivity index (χ3v) is 8.42. The molecule has 1 atom stereocenters. The second-order valence-electron chi connectivity index (χ2n) is 8.48. The molecule has 2 aliphatic rings. The minimum atomic E-state index is -3.79. The number of carbonyl (C=O) groups is 1. The van der Waals surface area contributed by atoms with Crippen molar-refractivity contribution in [3.8, 4) is 11.5 Å². The van der Waals surface area contributed by atoms with Gasteiger partial charge in [0.05, 0.1) is 25.7 Å². The standard InChI is InChI=1S/C24H30FN3O5S/c1-32-19-8-9-21(23(16-19)33-2)22-7-4-10-27(22)17-24(29)26-11-13-28(14-12-26)34(30,31)20-6-3-5-18(25)15-20/h3,5-6,8-9,15-16,22H,4,7,10-14,17H2,1-2H3. The quantitative estimate of drug-likeness (QED) is 0.592. The van der Waals surface area contributed by atoms with Crippen molar-refractivity contribution in [3.05, 3.63) is 53.8 Å². The number of sulfonamides is 1. The van der Waals surface area contributed by atoms with Gasteiger partial charge in [0.1, 0.15) is 17.3 Å². The topological polar surface area (TPSA) is 79.4 Å². The first-order valence-electron chi connectivity index (χ1n) is 11.3. The van der Waals surface area contributed by atoms with Crippen LogP contribution < -0.4 is 9.47 Å². The third-order valence-electron chi connectivity index (χ3n) is 6.53. The highest BCUT2D eigenvalue weighted by Gasteiger charge is 2.34. The molecule has 0 aliphatic carbocycles. The highest BCUT2D eigenvalue weighted by molar-refractivity contribution is 7.89. The molecule has 34 heavy (non-hydrogen) atoms. The second-order valence-corrected chi connectivity index (χ2v) is 10.4. The third kappa shape index (κ3) is 5.03. The lowest BCUT2D eigenvalue weighted by molar-refractivity contribution is -0.133. The number of halogens is 1. The van der Waals surface area contributed by atoms with E-state index in [9.17, 15) is 17.6 Å². The lowest BCUT2D eigenvalue weighted by atomic mass is 10.0. The predicted molar refractivity (Wildman–Crippen MR) is 125 cm³/mol. The molecular weight excluding hydrogens is 461 g/mol. The highest BCUT2D eigenvalue weighted by Crippen LogP contribution is 2.38. The summed E-state index contributed by atoms with van der Waals surface area (Å²) in [5, 5.41) is 0. The number of piperazine rings is 1. The maximum atomic E-state index is 13.5. The zero-order valence-electron chi connectivity index (χ0n) is 19.4. The largest absolute Gasteiger partial charge is 0.497 e. The molecule has 0 bridgehead atoms. The number of ether oxygens (including phenoxy) is 2. The number of likely N-dealkylation sites (tertiary alicyclic amines) is 1. The number of hydrogen-bond acceptors (Lipinski definition) is 6. The summed E-state index contributed by atoms with van der Waals surface area (Å²) in [6.45, 7) is 2.03. The fraction of sp³-hybridized carbons (Fsp3) is 0.458. The van der Waals surface area contributed by atoms with E-state index in [2.05, 4.69) is 4.90 Å². The van der Waals surface area contributed by atoms with E-state index in [1.165, 1.54) is 22.5 Å². The van der Waals surface area contributed by atoms with Crippen LogP contribution in [0.1, 0.15) is 24.4 Å². The highest BCUT2D eigenvalue weighted by atomic mass is 32.2. The molecule has 0 spiro atoms. The number of amides is 1. The van der Waals surface area contributed by atoms with Crippen LogP contribution in [0.15, 0.2) is 47.4 Å². The van der Waals surface area contributed by atoms with E-state index in [-0.39, 0.29) is 36.5 Å². The Balaban J connectivity index is 1.38. The van der Waals surface area contributed by atoms with Crippen molar-refractivity contribution >= 4 is 15.9 Å². The molecule has 0 aromatic heterocycles. The molecule has 0 N–H and O–H groups in total. The minimum Gasteiger partial charge on any atom is -0.497 e.